The molecule has 0 spiro atoms. The quantitative estimate of drug-likeness (QED) is 0.890. The minimum absolute atomic E-state index is 0.0954. The van der Waals surface area contributed by atoms with Gasteiger partial charge in [0.05, 0.1) is 25.7 Å². The van der Waals surface area contributed by atoms with E-state index in [9.17, 15) is 0 Å². The fourth-order valence-corrected chi connectivity index (χ4v) is 2.36. The smallest absolute Gasteiger partial charge is 0.127 e. The Bertz CT molecular complexity index is 532. The Morgan fingerprint density at radius 2 is 2.05 bits per heavy atom. The van der Waals surface area contributed by atoms with Gasteiger partial charge in [-0.2, -0.15) is 0 Å². The maximum absolute atomic E-state index is 5.61. The standard InChI is InChI=1S/C16H21NO2/c1-5-17-15(13-8-9-19-10-13)14-7-6-11(2)12(3)16(14)18-4/h6-10,15,17H,5H2,1-4H3. The molecule has 2 rings (SSSR count). The molecule has 0 aliphatic heterocycles. The third-order valence-electron chi connectivity index (χ3n) is 3.51. The van der Waals surface area contributed by atoms with E-state index in [1.54, 1.807) is 19.6 Å². The monoisotopic (exact) mass is 259 g/mol. The van der Waals surface area contributed by atoms with Crippen molar-refractivity contribution in [2.45, 2.75) is 26.8 Å². The third kappa shape index (κ3) is 2.66. The van der Waals surface area contributed by atoms with Crippen molar-refractivity contribution < 1.29 is 9.15 Å². The molecule has 1 aromatic heterocycles. The summed E-state index contributed by atoms with van der Waals surface area (Å²) in [5, 5.41) is 3.48. The number of methoxy groups -OCH3 is 1. The fourth-order valence-electron chi connectivity index (χ4n) is 2.36. The molecule has 1 unspecified atom stereocenters. The minimum atomic E-state index is 0.0954. The molecule has 1 N–H and O–H groups in total. The van der Waals surface area contributed by atoms with Crippen LogP contribution in [0, 0.1) is 13.8 Å². The summed E-state index contributed by atoms with van der Waals surface area (Å²) in [4.78, 5) is 0. The Labute approximate surface area is 114 Å². The topological polar surface area (TPSA) is 34.4 Å². The number of furan rings is 1. The third-order valence-corrected chi connectivity index (χ3v) is 3.51. The number of benzene rings is 1. The number of aryl methyl sites for hydroxylation is 1. The number of hydrogen-bond donors (Lipinski definition) is 1. The second-order valence-electron chi connectivity index (χ2n) is 4.68. The molecule has 1 heterocycles. The Hall–Kier alpha value is -1.74. The maximum atomic E-state index is 5.61. The van der Waals surface area contributed by atoms with Gasteiger partial charge >= 0.3 is 0 Å². The second kappa shape index (κ2) is 5.93. The Kier molecular flexibility index (Phi) is 4.27. The van der Waals surface area contributed by atoms with Gasteiger partial charge in [0.15, 0.2) is 0 Å². The van der Waals surface area contributed by atoms with Crippen molar-refractivity contribution in [1.82, 2.24) is 5.32 Å². The molecule has 0 saturated carbocycles. The Morgan fingerprint density at radius 1 is 1.26 bits per heavy atom. The van der Waals surface area contributed by atoms with Gasteiger partial charge in [-0.1, -0.05) is 19.1 Å². The molecular weight excluding hydrogens is 238 g/mol. The van der Waals surface area contributed by atoms with Crippen LogP contribution in [0.2, 0.25) is 0 Å². The minimum Gasteiger partial charge on any atom is -0.496 e. The molecule has 0 amide bonds. The largest absolute Gasteiger partial charge is 0.496 e. The number of nitrogens with one attached hydrogen (secondary N) is 1. The summed E-state index contributed by atoms with van der Waals surface area (Å²) in [6.45, 7) is 7.17. The molecular formula is C16H21NO2. The van der Waals surface area contributed by atoms with E-state index in [0.29, 0.717) is 0 Å². The van der Waals surface area contributed by atoms with Crippen LogP contribution in [0.5, 0.6) is 5.75 Å². The van der Waals surface area contributed by atoms with Crippen LogP contribution in [-0.4, -0.2) is 13.7 Å². The first kappa shape index (κ1) is 13.7. The van der Waals surface area contributed by atoms with E-state index in [0.717, 1.165) is 23.4 Å². The average molecular weight is 259 g/mol. The van der Waals surface area contributed by atoms with Crippen molar-refractivity contribution in [3.05, 3.63) is 53.0 Å². The lowest BCUT2D eigenvalue weighted by Crippen LogP contribution is -2.22. The molecule has 2 aromatic rings. The summed E-state index contributed by atoms with van der Waals surface area (Å²) >= 11 is 0. The van der Waals surface area contributed by atoms with E-state index in [2.05, 4.69) is 38.2 Å². The zero-order chi connectivity index (χ0) is 13.8. The van der Waals surface area contributed by atoms with Gasteiger partial charge < -0.3 is 14.5 Å². The van der Waals surface area contributed by atoms with Crippen LogP contribution in [-0.2, 0) is 0 Å². The van der Waals surface area contributed by atoms with E-state index < -0.39 is 0 Å². The normalized spacial score (nSPS) is 12.4. The highest BCUT2D eigenvalue weighted by Gasteiger charge is 2.20. The zero-order valence-electron chi connectivity index (χ0n) is 12.0. The summed E-state index contributed by atoms with van der Waals surface area (Å²) in [5.41, 5.74) is 4.69. The van der Waals surface area contributed by atoms with Gasteiger partial charge in [0.2, 0.25) is 0 Å². The SMILES string of the molecule is CCNC(c1ccoc1)c1ccc(C)c(C)c1OC. The summed E-state index contributed by atoms with van der Waals surface area (Å²) in [6, 6.07) is 6.35. The lowest BCUT2D eigenvalue weighted by atomic mass is 9.95. The van der Waals surface area contributed by atoms with Gasteiger partial charge in [0.1, 0.15) is 5.75 Å². The highest BCUT2D eigenvalue weighted by atomic mass is 16.5. The maximum Gasteiger partial charge on any atom is 0.127 e. The van der Waals surface area contributed by atoms with Crippen LogP contribution in [0.15, 0.2) is 35.1 Å². The predicted octanol–water partition coefficient (Wildman–Crippen LogP) is 3.60. The molecule has 0 fully saturated rings. The van der Waals surface area contributed by atoms with Crippen molar-refractivity contribution in [2.75, 3.05) is 13.7 Å². The van der Waals surface area contributed by atoms with E-state index in [-0.39, 0.29) is 6.04 Å². The van der Waals surface area contributed by atoms with Crippen molar-refractivity contribution in [3.63, 3.8) is 0 Å². The van der Waals surface area contributed by atoms with Gasteiger partial charge in [-0.25, -0.2) is 0 Å². The first-order chi connectivity index (χ1) is 9.19. The lowest BCUT2D eigenvalue weighted by molar-refractivity contribution is 0.400. The molecule has 1 aromatic carbocycles. The fraction of sp³-hybridized carbons (Fsp3) is 0.375. The number of ether oxygens (including phenoxy) is 1. The summed E-state index contributed by atoms with van der Waals surface area (Å²) in [5.74, 6) is 0.951. The van der Waals surface area contributed by atoms with Crippen LogP contribution >= 0.6 is 0 Å². The van der Waals surface area contributed by atoms with Crippen molar-refractivity contribution in [2.24, 2.45) is 0 Å². The molecule has 3 heteroatoms. The van der Waals surface area contributed by atoms with Crippen LogP contribution in [0.3, 0.4) is 0 Å². The van der Waals surface area contributed by atoms with E-state index in [1.807, 2.05) is 6.07 Å². The summed E-state index contributed by atoms with van der Waals surface area (Å²) < 4.78 is 10.8. The molecule has 0 bridgehead atoms. The van der Waals surface area contributed by atoms with Crippen LogP contribution in [0.1, 0.15) is 35.2 Å². The Morgan fingerprint density at radius 3 is 2.63 bits per heavy atom. The molecule has 19 heavy (non-hydrogen) atoms. The number of hydrogen-bond acceptors (Lipinski definition) is 3. The molecule has 0 saturated heterocycles. The van der Waals surface area contributed by atoms with Crippen LogP contribution < -0.4 is 10.1 Å². The average Bonchev–Trinajstić information content (AvgIpc) is 2.93. The van der Waals surface area contributed by atoms with Gasteiger partial charge in [0.25, 0.3) is 0 Å². The van der Waals surface area contributed by atoms with E-state index >= 15 is 0 Å². The van der Waals surface area contributed by atoms with Gasteiger partial charge in [0, 0.05) is 11.1 Å². The first-order valence-electron chi connectivity index (χ1n) is 6.58. The molecule has 0 aliphatic rings. The highest BCUT2D eigenvalue weighted by molar-refractivity contribution is 5.49. The predicted molar refractivity (Wildman–Crippen MR) is 76.7 cm³/mol. The van der Waals surface area contributed by atoms with Gasteiger partial charge in [-0.15, -0.1) is 0 Å². The van der Waals surface area contributed by atoms with Gasteiger partial charge in [-0.05, 0) is 37.6 Å². The first-order valence-corrected chi connectivity index (χ1v) is 6.58. The summed E-state index contributed by atoms with van der Waals surface area (Å²) in [7, 11) is 1.73. The molecule has 1 atom stereocenters. The summed E-state index contributed by atoms with van der Waals surface area (Å²) in [6.07, 6.45) is 3.48. The van der Waals surface area contributed by atoms with E-state index in [1.165, 1.54) is 11.1 Å². The molecule has 0 aliphatic carbocycles. The highest BCUT2D eigenvalue weighted by Crippen LogP contribution is 2.34. The Balaban J connectivity index is 2.51. The lowest BCUT2D eigenvalue weighted by Gasteiger charge is -2.21. The van der Waals surface area contributed by atoms with Crippen molar-refractivity contribution in [3.8, 4) is 5.75 Å². The van der Waals surface area contributed by atoms with Gasteiger partial charge in [-0.3, -0.25) is 0 Å². The molecule has 102 valence electrons. The zero-order valence-corrected chi connectivity index (χ0v) is 12.0. The molecule has 3 nitrogen and oxygen atoms in total. The van der Waals surface area contributed by atoms with Crippen molar-refractivity contribution >= 4 is 0 Å². The van der Waals surface area contributed by atoms with Crippen molar-refractivity contribution in [1.29, 1.82) is 0 Å². The van der Waals surface area contributed by atoms with E-state index in [4.69, 9.17) is 9.15 Å². The van der Waals surface area contributed by atoms with Crippen LogP contribution in [0.4, 0.5) is 0 Å². The molecule has 0 radical (unpaired) electrons. The number of rotatable bonds is 5. The second-order valence-corrected chi connectivity index (χ2v) is 4.68. The van der Waals surface area contributed by atoms with Crippen LogP contribution in [0.25, 0.3) is 0 Å².